The van der Waals surface area contributed by atoms with E-state index >= 15 is 0 Å². The number of ether oxygens (including phenoxy) is 3. The number of rotatable bonds is 6. The maximum atomic E-state index is 13.0. The fourth-order valence-electron chi connectivity index (χ4n) is 3.35. The van der Waals surface area contributed by atoms with E-state index in [9.17, 15) is 9.50 Å². The zero-order valence-electron chi connectivity index (χ0n) is 15.8. The Labute approximate surface area is 182 Å². The van der Waals surface area contributed by atoms with E-state index in [0.717, 1.165) is 31.9 Å². The summed E-state index contributed by atoms with van der Waals surface area (Å²) < 4.78 is 29.3. The Morgan fingerprint density at radius 1 is 0.966 bits per heavy atom. The Bertz CT molecular complexity index is 774. The van der Waals surface area contributed by atoms with Crippen molar-refractivity contribution in [1.29, 1.82) is 0 Å². The summed E-state index contributed by atoms with van der Waals surface area (Å²) in [6, 6.07) is 12.0. The van der Waals surface area contributed by atoms with Gasteiger partial charge in [0.2, 0.25) is 6.79 Å². The average molecular weight is 447 g/mol. The van der Waals surface area contributed by atoms with Crippen LogP contribution >= 0.6 is 24.8 Å². The third-order valence-electron chi connectivity index (χ3n) is 4.82. The normalized spacial score (nSPS) is 16.6. The Balaban J connectivity index is 0.00000150. The highest BCUT2D eigenvalue weighted by molar-refractivity contribution is 5.85. The van der Waals surface area contributed by atoms with Gasteiger partial charge in [-0.1, -0.05) is 0 Å². The Morgan fingerprint density at radius 3 is 2.38 bits per heavy atom. The molecule has 2 heterocycles. The highest BCUT2D eigenvalue weighted by Crippen LogP contribution is 2.35. The highest BCUT2D eigenvalue weighted by Gasteiger charge is 2.20. The predicted octanol–water partition coefficient (Wildman–Crippen LogP) is 2.96. The van der Waals surface area contributed by atoms with Crippen molar-refractivity contribution in [3.05, 3.63) is 48.3 Å². The van der Waals surface area contributed by atoms with Gasteiger partial charge in [-0.15, -0.1) is 24.8 Å². The SMILES string of the molecule is Cl.Cl.OC(COc1ccc2c(c1)OCO2)CN1CCN(c2ccc(F)cc2)CC1. The molecule has 0 aromatic heterocycles. The fourth-order valence-corrected chi connectivity index (χ4v) is 3.35. The van der Waals surface area contributed by atoms with Crippen LogP contribution in [0.5, 0.6) is 17.2 Å². The molecule has 160 valence electrons. The number of anilines is 1. The van der Waals surface area contributed by atoms with Crippen LogP contribution in [0.3, 0.4) is 0 Å². The molecule has 0 radical (unpaired) electrons. The largest absolute Gasteiger partial charge is 0.491 e. The molecule has 1 N–H and O–H groups in total. The molecule has 6 nitrogen and oxygen atoms in total. The topological polar surface area (TPSA) is 54.4 Å². The summed E-state index contributed by atoms with van der Waals surface area (Å²) in [5.74, 6) is 1.81. The first-order chi connectivity index (χ1) is 13.2. The lowest BCUT2D eigenvalue weighted by Crippen LogP contribution is -2.49. The van der Waals surface area contributed by atoms with Gasteiger partial charge < -0.3 is 24.2 Å². The fraction of sp³-hybridized carbons (Fsp3) is 0.400. The smallest absolute Gasteiger partial charge is 0.231 e. The lowest BCUT2D eigenvalue weighted by atomic mass is 10.2. The number of halogens is 3. The molecular formula is C20H25Cl2FN2O4. The molecule has 1 fully saturated rings. The minimum Gasteiger partial charge on any atom is -0.491 e. The first kappa shape index (κ1) is 23.3. The van der Waals surface area contributed by atoms with Crippen LogP contribution in [0.4, 0.5) is 10.1 Å². The minimum atomic E-state index is -0.576. The van der Waals surface area contributed by atoms with Crippen molar-refractivity contribution in [2.24, 2.45) is 0 Å². The van der Waals surface area contributed by atoms with Crippen LogP contribution in [0.2, 0.25) is 0 Å². The van der Waals surface area contributed by atoms with Crippen LogP contribution in [-0.2, 0) is 0 Å². The number of nitrogens with zero attached hydrogens (tertiary/aromatic N) is 2. The highest BCUT2D eigenvalue weighted by atomic mass is 35.5. The number of aliphatic hydroxyl groups excluding tert-OH is 1. The summed E-state index contributed by atoms with van der Waals surface area (Å²) in [7, 11) is 0. The number of hydrogen-bond acceptors (Lipinski definition) is 6. The van der Waals surface area contributed by atoms with Crippen molar-refractivity contribution >= 4 is 30.5 Å². The molecule has 0 spiro atoms. The molecule has 0 bridgehead atoms. The summed E-state index contributed by atoms with van der Waals surface area (Å²) in [6.07, 6.45) is -0.576. The van der Waals surface area contributed by atoms with Gasteiger partial charge in [0.1, 0.15) is 24.3 Å². The third-order valence-corrected chi connectivity index (χ3v) is 4.82. The van der Waals surface area contributed by atoms with Gasteiger partial charge >= 0.3 is 0 Å². The van der Waals surface area contributed by atoms with Gasteiger partial charge in [-0.05, 0) is 36.4 Å². The molecule has 4 rings (SSSR count). The summed E-state index contributed by atoms with van der Waals surface area (Å²) in [4.78, 5) is 4.44. The van der Waals surface area contributed by atoms with Crippen molar-refractivity contribution in [2.75, 3.05) is 51.0 Å². The first-order valence-electron chi connectivity index (χ1n) is 9.11. The number of fused-ring (bicyclic) bond motifs is 1. The zero-order chi connectivity index (χ0) is 18.6. The summed E-state index contributed by atoms with van der Waals surface area (Å²) in [5.41, 5.74) is 1.03. The first-order valence-corrected chi connectivity index (χ1v) is 9.11. The Morgan fingerprint density at radius 2 is 1.66 bits per heavy atom. The molecule has 2 aliphatic heterocycles. The summed E-state index contributed by atoms with van der Waals surface area (Å²) in [5, 5.41) is 10.3. The van der Waals surface area contributed by atoms with Crippen LogP contribution in [0.15, 0.2) is 42.5 Å². The van der Waals surface area contributed by atoms with Gasteiger partial charge in [-0.3, -0.25) is 4.90 Å². The molecule has 2 aromatic rings. The molecule has 29 heavy (non-hydrogen) atoms. The van der Waals surface area contributed by atoms with Crippen molar-refractivity contribution in [3.8, 4) is 17.2 Å². The molecular weight excluding hydrogens is 422 g/mol. The Kier molecular flexibility index (Phi) is 8.64. The quantitative estimate of drug-likeness (QED) is 0.735. The van der Waals surface area contributed by atoms with Crippen LogP contribution < -0.4 is 19.1 Å². The van der Waals surface area contributed by atoms with Gasteiger partial charge in [0.05, 0.1) is 0 Å². The number of β-amino-alcohol motifs (C(OH)–C–C–N with tert-alkyl or cyclic N) is 1. The Hall–Kier alpha value is -1.93. The molecule has 2 aromatic carbocycles. The maximum Gasteiger partial charge on any atom is 0.231 e. The number of aliphatic hydroxyl groups is 1. The van der Waals surface area contributed by atoms with Gasteiger partial charge in [-0.2, -0.15) is 0 Å². The van der Waals surface area contributed by atoms with E-state index in [-0.39, 0.29) is 44.0 Å². The van der Waals surface area contributed by atoms with Gasteiger partial charge in [-0.25, -0.2) is 4.39 Å². The number of benzene rings is 2. The molecule has 0 aliphatic carbocycles. The van der Waals surface area contributed by atoms with Crippen molar-refractivity contribution < 1.29 is 23.7 Å². The standard InChI is InChI=1S/C20H23FN2O4.2ClH/c21-15-1-3-16(4-2-15)23-9-7-22(8-10-23)12-17(24)13-25-18-5-6-19-20(11-18)27-14-26-19;;/h1-6,11,17,24H,7-10,12-14H2;2*1H. The molecule has 1 unspecified atom stereocenters. The van der Waals surface area contributed by atoms with Crippen molar-refractivity contribution in [3.63, 3.8) is 0 Å². The number of piperazine rings is 1. The monoisotopic (exact) mass is 446 g/mol. The van der Waals surface area contributed by atoms with E-state index in [2.05, 4.69) is 9.80 Å². The van der Waals surface area contributed by atoms with Gasteiger partial charge in [0.15, 0.2) is 11.5 Å². The second-order valence-corrected chi connectivity index (χ2v) is 6.74. The van der Waals surface area contributed by atoms with Gasteiger partial charge in [0.25, 0.3) is 0 Å². The molecule has 0 amide bonds. The van der Waals surface area contributed by atoms with Crippen molar-refractivity contribution in [2.45, 2.75) is 6.10 Å². The van der Waals surface area contributed by atoms with Crippen molar-refractivity contribution in [1.82, 2.24) is 4.90 Å². The minimum absolute atomic E-state index is 0. The molecule has 2 aliphatic rings. The maximum absolute atomic E-state index is 13.0. The van der Waals surface area contributed by atoms with Crippen LogP contribution in [0.25, 0.3) is 0 Å². The van der Waals surface area contributed by atoms with E-state index in [0.29, 0.717) is 23.8 Å². The van der Waals surface area contributed by atoms with E-state index < -0.39 is 6.10 Å². The third kappa shape index (κ3) is 6.02. The van der Waals surface area contributed by atoms with E-state index in [4.69, 9.17) is 14.2 Å². The predicted molar refractivity (Wildman–Crippen MR) is 114 cm³/mol. The summed E-state index contributed by atoms with van der Waals surface area (Å²) >= 11 is 0. The molecule has 9 heteroatoms. The van der Waals surface area contributed by atoms with E-state index in [1.807, 2.05) is 6.07 Å². The lowest BCUT2D eigenvalue weighted by Gasteiger charge is -2.36. The van der Waals surface area contributed by atoms with Gasteiger partial charge in [0, 0.05) is 44.5 Å². The second kappa shape index (κ2) is 10.7. The number of hydrogen-bond donors (Lipinski definition) is 1. The van der Waals surface area contributed by atoms with Crippen LogP contribution in [0.1, 0.15) is 0 Å². The zero-order valence-corrected chi connectivity index (χ0v) is 17.5. The lowest BCUT2D eigenvalue weighted by molar-refractivity contribution is 0.0662. The molecule has 0 saturated carbocycles. The van der Waals surface area contributed by atoms with Crippen LogP contribution in [0, 0.1) is 5.82 Å². The van der Waals surface area contributed by atoms with E-state index in [1.54, 1.807) is 24.3 Å². The molecule has 1 atom stereocenters. The van der Waals surface area contributed by atoms with E-state index in [1.165, 1.54) is 12.1 Å². The molecule has 1 saturated heterocycles. The second-order valence-electron chi connectivity index (χ2n) is 6.74. The summed E-state index contributed by atoms with van der Waals surface area (Å²) in [6.45, 7) is 4.39. The van der Waals surface area contributed by atoms with Crippen LogP contribution in [-0.4, -0.2) is 62.2 Å². The average Bonchev–Trinajstić information content (AvgIpc) is 3.15.